The molecule has 0 aromatic carbocycles. The standard InChI is InChI=1S/C18H20N4O3/c1-11-5-7-25-16(11)13(23)8-12-4-6-20-14(9-12)18(2)10-15(24)22(3)17(19)21-18/h4-7,9H,8,10H2,1-3H3,(H2,19,21). The van der Waals surface area contributed by atoms with Gasteiger partial charge in [0, 0.05) is 19.7 Å². The van der Waals surface area contributed by atoms with Crippen molar-refractivity contribution >= 4 is 17.6 Å². The number of aromatic nitrogens is 1. The average molecular weight is 340 g/mol. The number of ketones is 1. The lowest BCUT2D eigenvalue weighted by molar-refractivity contribution is -0.128. The molecule has 1 amide bonds. The topological polar surface area (TPSA) is 102 Å². The van der Waals surface area contributed by atoms with Crippen LogP contribution in [0.4, 0.5) is 0 Å². The molecule has 130 valence electrons. The third-order valence-corrected chi connectivity index (χ3v) is 4.43. The van der Waals surface area contributed by atoms with Gasteiger partial charge < -0.3 is 10.2 Å². The van der Waals surface area contributed by atoms with Crippen molar-refractivity contribution in [2.75, 3.05) is 7.05 Å². The van der Waals surface area contributed by atoms with E-state index in [0.717, 1.165) is 11.1 Å². The number of guanidine groups is 1. The number of hydrogen-bond donors (Lipinski definition) is 1. The Morgan fingerprint density at radius 2 is 2.20 bits per heavy atom. The summed E-state index contributed by atoms with van der Waals surface area (Å²) in [5, 5.41) is 0. The first kappa shape index (κ1) is 16.9. The summed E-state index contributed by atoms with van der Waals surface area (Å²) in [5.74, 6) is 0.298. The molecule has 25 heavy (non-hydrogen) atoms. The van der Waals surface area contributed by atoms with Gasteiger partial charge in [-0.15, -0.1) is 0 Å². The van der Waals surface area contributed by atoms with Crippen LogP contribution in [-0.2, 0) is 16.8 Å². The first-order chi connectivity index (χ1) is 11.8. The Kier molecular flexibility index (Phi) is 4.16. The van der Waals surface area contributed by atoms with Gasteiger partial charge in [-0.2, -0.15) is 0 Å². The number of rotatable bonds is 4. The van der Waals surface area contributed by atoms with Crippen LogP contribution in [0.5, 0.6) is 0 Å². The van der Waals surface area contributed by atoms with Crippen LogP contribution >= 0.6 is 0 Å². The highest BCUT2D eigenvalue weighted by molar-refractivity contribution is 5.99. The summed E-state index contributed by atoms with van der Waals surface area (Å²) < 4.78 is 5.25. The lowest BCUT2D eigenvalue weighted by Gasteiger charge is -2.32. The summed E-state index contributed by atoms with van der Waals surface area (Å²) in [6.45, 7) is 3.65. The Morgan fingerprint density at radius 3 is 2.84 bits per heavy atom. The molecule has 7 heteroatoms. The fourth-order valence-electron chi connectivity index (χ4n) is 2.86. The second-order valence-electron chi connectivity index (χ2n) is 6.46. The van der Waals surface area contributed by atoms with E-state index in [4.69, 9.17) is 10.2 Å². The smallest absolute Gasteiger partial charge is 0.231 e. The van der Waals surface area contributed by atoms with Crippen molar-refractivity contribution < 1.29 is 14.0 Å². The molecule has 2 aromatic heterocycles. The summed E-state index contributed by atoms with van der Waals surface area (Å²) in [6.07, 6.45) is 3.48. The molecule has 0 saturated carbocycles. The number of hydrogen-bond acceptors (Lipinski definition) is 6. The Bertz CT molecular complexity index is 871. The second-order valence-corrected chi connectivity index (χ2v) is 6.46. The van der Waals surface area contributed by atoms with E-state index >= 15 is 0 Å². The Hall–Kier alpha value is -2.96. The largest absolute Gasteiger partial charge is 0.461 e. The van der Waals surface area contributed by atoms with Crippen molar-refractivity contribution in [3.8, 4) is 0 Å². The Balaban J connectivity index is 1.88. The lowest BCUT2D eigenvalue weighted by Crippen LogP contribution is -2.47. The number of nitrogens with zero attached hydrogens (tertiary/aromatic N) is 3. The van der Waals surface area contributed by atoms with E-state index in [1.54, 1.807) is 31.4 Å². The average Bonchev–Trinajstić information content (AvgIpc) is 2.99. The summed E-state index contributed by atoms with van der Waals surface area (Å²) >= 11 is 0. The predicted octanol–water partition coefficient (Wildman–Crippen LogP) is 1.80. The summed E-state index contributed by atoms with van der Waals surface area (Å²) in [4.78, 5) is 34.6. The fourth-order valence-corrected chi connectivity index (χ4v) is 2.86. The van der Waals surface area contributed by atoms with Crippen LogP contribution in [0.2, 0.25) is 0 Å². The Labute approximate surface area is 145 Å². The molecule has 2 N–H and O–H groups in total. The summed E-state index contributed by atoms with van der Waals surface area (Å²) in [5.41, 5.74) is 7.21. The van der Waals surface area contributed by atoms with Crippen LogP contribution in [0, 0.1) is 6.92 Å². The number of aryl methyl sites for hydroxylation is 1. The number of carbonyl (C=O) groups is 2. The van der Waals surface area contributed by atoms with Gasteiger partial charge in [-0.3, -0.25) is 19.5 Å². The molecule has 0 saturated heterocycles. The Morgan fingerprint density at radius 1 is 1.44 bits per heavy atom. The van der Waals surface area contributed by atoms with Gasteiger partial charge in [0.1, 0.15) is 5.54 Å². The molecular weight excluding hydrogens is 320 g/mol. The molecule has 7 nitrogen and oxygen atoms in total. The number of nitrogens with two attached hydrogens (primary N) is 1. The molecule has 2 aromatic rings. The van der Waals surface area contributed by atoms with Crippen molar-refractivity contribution in [1.29, 1.82) is 0 Å². The van der Waals surface area contributed by atoms with Gasteiger partial charge in [-0.25, -0.2) is 4.99 Å². The number of aliphatic imine (C=N–C) groups is 1. The molecule has 1 atom stereocenters. The number of Topliss-reactive ketones (excluding diaryl/α,β-unsaturated/α-hetero) is 1. The zero-order chi connectivity index (χ0) is 18.2. The molecular formula is C18H20N4O3. The van der Waals surface area contributed by atoms with E-state index in [1.165, 1.54) is 11.2 Å². The van der Waals surface area contributed by atoms with Crippen LogP contribution < -0.4 is 5.73 Å². The van der Waals surface area contributed by atoms with Crippen molar-refractivity contribution in [3.05, 3.63) is 53.2 Å². The quantitative estimate of drug-likeness (QED) is 0.855. The molecule has 0 fully saturated rings. The van der Waals surface area contributed by atoms with Crippen molar-refractivity contribution in [2.45, 2.75) is 32.2 Å². The minimum atomic E-state index is -0.840. The highest BCUT2D eigenvalue weighted by Gasteiger charge is 2.37. The van der Waals surface area contributed by atoms with Crippen LogP contribution in [0.1, 0.15) is 40.7 Å². The highest BCUT2D eigenvalue weighted by atomic mass is 16.3. The minimum Gasteiger partial charge on any atom is -0.461 e. The summed E-state index contributed by atoms with van der Waals surface area (Å²) in [6, 6.07) is 5.33. The van der Waals surface area contributed by atoms with E-state index in [0.29, 0.717) is 11.5 Å². The number of amides is 1. The zero-order valence-electron chi connectivity index (χ0n) is 14.4. The van der Waals surface area contributed by atoms with Crippen LogP contribution in [-0.4, -0.2) is 34.6 Å². The lowest BCUT2D eigenvalue weighted by atomic mass is 9.90. The minimum absolute atomic E-state index is 0.104. The van der Waals surface area contributed by atoms with Crippen molar-refractivity contribution in [2.24, 2.45) is 10.7 Å². The first-order valence-corrected chi connectivity index (χ1v) is 7.95. The van der Waals surface area contributed by atoms with E-state index in [1.807, 2.05) is 13.8 Å². The maximum absolute atomic E-state index is 12.4. The van der Waals surface area contributed by atoms with E-state index in [9.17, 15) is 9.59 Å². The molecule has 0 bridgehead atoms. The zero-order valence-corrected chi connectivity index (χ0v) is 14.4. The molecule has 1 unspecified atom stereocenters. The van der Waals surface area contributed by atoms with Crippen LogP contribution in [0.25, 0.3) is 0 Å². The van der Waals surface area contributed by atoms with Crippen LogP contribution in [0.15, 0.2) is 40.1 Å². The van der Waals surface area contributed by atoms with Gasteiger partial charge >= 0.3 is 0 Å². The van der Waals surface area contributed by atoms with Crippen molar-refractivity contribution in [3.63, 3.8) is 0 Å². The molecule has 3 heterocycles. The molecule has 1 aliphatic rings. The molecule has 0 radical (unpaired) electrons. The number of carbonyl (C=O) groups excluding carboxylic acids is 2. The molecule has 0 aliphatic carbocycles. The third kappa shape index (κ3) is 3.17. The van der Waals surface area contributed by atoms with E-state index in [-0.39, 0.29) is 30.5 Å². The van der Waals surface area contributed by atoms with Crippen molar-refractivity contribution in [1.82, 2.24) is 9.88 Å². The van der Waals surface area contributed by atoms with Gasteiger partial charge in [0.25, 0.3) is 0 Å². The van der Waals surface area contributed by atoms with Gasteiger partial charge in [0.2, 0.25) is 11.7 Å². The highest BCUT2D eigenvalue weighted by Crippen LogP contribution is 2.32. The summed E-state index contributed by atoms with van der Waals surface area (Å²) in [7, 11) is 1.59. The van der Waals surface area contributed by atoms with E-state index in [2.05, 4.69) is 9.98 Å². The monoisotopic (exact) mass is 340 g/mol. The normalized spacial score (nSPS) is 20.5. The maximum Gasteiger partial charge on any atom is 0.231 e. The van der Waals surface area contributed by atoms with Gasteiger partial charge in [-0.05, 0) is 43.2 Å². The fraction of sp³-hybridized carbons (Fsp3) is 0.333. The van der Waals surface area contributed by atoms with E-state index < -0.39 is 5.54 Å². The van der Waals surface area contributed by atoms with Gasteiger partial charge in [0.15, 0.2) is 11.7 Å². The number of pyridine rings is 1. The van der Waals surface area contributed by atoms with Crippen LogP contribution in [0.3, 0.4) is 0 Å². The molecule has 3 rings (SSSR count). The predicted molar refractivity (Wildman–Crippen MR) is 92.1 cm³/mol. The van der Waals surface area contributed by atoms with Gasteiger partial charge in [-0.1, -0.05) is 0 Å². The maximum atomic E-state index is 12.4. The number of furan rings is 1. The first-order valence-electron chi connectivity index (χ1n) is 7.95. The molecule has 1 aliphatic heterocycles. The third-order valence-electron chi connectivity index (χ3n) is 4.43. The second kappa shape index (κ2) is 6.16. The van der Waals surface area contributed by atoms with Gasteiger partial charge in [0.05, 0.1) is 18.4 Å². The SMILES string of the molecule is Cc1ccoc1C(=O)Cc1ccnc(C2(C)CC(=O)N(C)C(N)=N2)c1. The molecule has 0 spiro atoms.